The van der Waals surface area contributed by atoms with Crippen LogP contribution in [0.1, 0.15) is 42.6 Å². The molecule has 0 saturated carbocycles. The second-order valence-electron chi connectivity index (χ2n) is 5.17. The number of aliphatic hydroxyl groups is 1. The number of hydrogen-bond donors (Lipinski definition) is 1. The van der Waals surface area contributed by atoms with Gasteiger partial charge in [0.05, 0.1) is 13.2 Å². The summed E-state index contributed by atoms with van der Waals surface area (Å²) in [5.74, 6) is 0.440. The van der Waals surface area contributed by atoms with Gasteiger partial charge in [0, 0.05) is 0 Å². The molecule has 0 radical (unpaired) electrons. The molecule has 2 heteroatoms. The van der Waals surface area contributed by atoms with Crippen molar-refractivity contribution in [2.24, 2.45) is 0 Å². The van der Waals surface area contributed by atoms with Crippen molar-refractivity contribution in [1.29, 1.82) is 0 Å². The fourth-order valence-corrected chi connectivity index (χ4v) is 2.44. The number of aliphatic hydroxyl groups excluding tert-OH is 1. The van der Waals surface area contributed by atoms with E-state index in [0.717, 1.165) is 5.56 Å². The van der Waals surface area contributed by atoms with E-state index < -0.39 is 0 Å². The van der Waals surface area contributed by atoms with Gasteiger partial charge in [-0.2, -0.15) is 0 Å². The van der Waals surface area contributed by atoms with E-state index in [1.54, 1.807) is 0 Å². The third-order valence-electron chi connectivity index (χ3n) is 3.38. The Labute approximate surface area is 121 Å². The highest BCUT2D eigenvalue weighted by Crippen LogP contribution is 2.31. The highest BCUT2D eigenvalue weighted by atomic mass is 16.5. The summed E-state index contributed by atoms with van der Waals surface area (Å²) >= 11 is 0. The fraction of sp³-hybridized carbons (Fsp3) is 0.333. The van der Waals surface area contributed by atoms with Gasteiger partial charge in [-0.15, -0.1) is 0 Å². The Bertz CT molecular complexity index is 520. The van der Waals surface area contributed by atoms with E-state index in [9.17, 15) is 0 Å². The van der Waals surface area contributed by atoms with Gasteiger partial charge in [-0.1, -0.05) is 68.4 Å². The molecule has 1 atom stereocenters. The zero-order chi connectivity index (χ0) is 14.4. The number of rotatable bonds is 6. The number of benzene rings is 2. The summed E-state index contributed by atoms with van der Waals surface area (Å²) in [6, 6.07) is 18.5. The highest BCUT2D eigenvalue weighted by Gasteiger charge is 2.18. The minimum atomic E-state index is -0.123. The van der Waals surface area contributed by atoms with Gasteiger partial charge < -0.3 is 9.84 Å². The van der Waals surface area contributed by atoms with Crippen LogP contribution in [0, 0.1) is 0 Å². The van der Waals surface area contributed by atoms with Crippen LogP contribution >= 0.6 is 0 Å². The SMILES string of the molecule is CC(C)c1ccccc1C(OCCO)c1ccccc1. The lowest BCUT2D eigenvalue weighted by molar-refractivity contribution is 0.0496. The fourth-order valence-electron chi connectivity index (χ4n) is 2.44. The molecule has 1 N–H and O–H groups in total. The first-order chi connectivity index (χ1) is 9.74. The van der Waals surface area contributed by atoms with E-state index in [2.05, 4.69) is 44.2 Å². The lowest BCUT2D eigenvalue weighted by Gasteiger charge is -2.23. The zero-order valence-electron chi connectivity index (χ0n) is 12.1. The molecule has 0 spiro atoms. The van der Waals surface area contributed by atoms with E-state index in [0.29, 0.717) is 12.5 Å². The first-order valence-corrected chi connectivity index (χ1v) is 7.10. The lowest BCUT2D eigenvalue weighted by atomic mass is 9.91. The summed E-state index contributed by atoms with van der Waals surface area (Å²) in [6.45, 7) is 4.75. The summed E-state index contributed by atoms with van der Waals surface area (Å²) in [6.07, 6.45) is -0.123. The average molecular weight is 270 g/mol. The number of hydrogen-bond acceptors (Lipinski definition) is 2. The molecular weight excluding hydrogens is 248 g/mol. The first-order valence-electron chi connectivity index (χ1n) is 7.10. The standard InChI is InChI=1S/C18H22O2/c1-14(2)16-10-6-7-11-17(16)18(20-13-12-19)15-8-4-3-5-9-15/h3-11,14,18-19H,12-13H2,1-2H3. The first kappa shape index (κ1) is 14.8. The van der Waals surface area contributed by atoms with Gasteiger partial charge in [0.1, 0.15) is 6.10 Å². The Morgan fingerprint density at radius 3 is 2.10 bits per heavy atom. The maximum absolute atomic E-state index is 9.06. The van der Waals surface area contributed by atoms with Crippen LogP contribution in [0.4, 0.5) is 0 Å². The summed E-state index contributed by atoms with van der Waals surface area (Å²) in [4.78, 5) is 0. The van der Waals surface area contributed by atoms with Gasteiger partial charge in [-0.05, 0) is 22.6 Å². The van der Waals surface area contributed by atoms with E-state index in [1.807, 2.05) is 24.3 Å². The molecule has 0 fully saturated rings. The quantitative estimate of drug-likeness (QED) is 0.862. The average Bonchev–Trinajstić information content (AvgIpc) is 2.49. The van der Waals surface area contributed by atoms with Crippen LogP contribution in [-0.2, 0) is 4.74 Å². The Kier molecular flexibility index (Phi) is 5.33. The van der Waals surface area contributed by atoms with E-state index >= 15 is 0 Å². The van der Waals surface area contributed by atoms with Gasteiger partial charge in [0.25, 0.3) is 0 Å². The predicted molar refractivity (Wildman–Crippen MR) is 81.9 cm³/mol. The zero-order valence-corrected chi connectivity index (χ0v) is 12.1. The molecule has 0 aliphatic rings. The number of ether oxygens (including phenoxy) is 1. The molecule has 0 aromatic heterocycles. The van der Waals surface area contributed by atoms with Crippen LogP contribution in [0.2, 0.25) is 0 Å². The maximum Gasteiger partial charge on any atom is 0.108 e. The molecule has 0 saturated heterocycles. The molecule has 2 aromatic rings. The van der Waals surface area contributed by atoms with Crippen molar-refractivity contribution in [3.8, 4) is 0 Å². The lowest BCUT2D eigenvalue weighted by Crippen LogP contribution is -2.12. The molecule has 20 heavy (non-hydrogen) atoms. The molecule has 1 unspecified atom stereocenters. The highest BCUT2D eigenvalue weighted by molar-refractivity contribution is 5.37. The summed E-state index contributed by atoms with van der Waals surface area (Å²) in [7, 11) is 0. The second-order valence-corrected chi connectivity index (χ2v) is 5.17. The smallest absolute Gasteiger partial charge is 0.108 e. The van der Waals surface area contributed by atoms with E-state index in [4.69, 9.17) is 9.84 Å². The minimum Gasteiger partial charge on any atom is -0.394 e. The third-order valence-corrected chi connectivity index (χ3v) is 3.38. The largest absolute Gasteiger partial charge is 0.394 e. The summed E-state index contributed by atoms with van der Waals surface area (Å²) < 4.78 is 5.90. The molecule has 0 aliphatic heterocycles. The van der Waals surface area contributed by atoms with Crippen LogP contribution in [0.15, 0.2) is 54.6 Å². The van der Waals surface area contributed by atoms with Crippen molar-refractivity contribution >= 4 is 0 Å². The Morgan fingerprint density at radius 1 is 0.900 bits per heavy atom. The van der Waals surface area contributed by atoms with Crippen molar-refractivity contribution in [2.45, 2.75) is 25.9 Å². The normalized spacial score (nSPS) is 12.6. The predicted octanol–water partition coefficient (Wildman–Crippen LogP) is 3.91. The molecule has 2 nitrogen and oxygen atoms in total. The van der Waals surface area contributed by atoms with Gasteiger partial charge in [-0.25, -0.2) is 0 Å². The molecule has 2 rings (SSSR count). The second kappa shape index (κ2) is 7.22. The molecular formula is C18H22O2. The van der Waals surface area contributed by atoms with Crippen molar-refractivity contribution < 1.29 is 9.84 Å². The molecule has 106 valence electrons. The Hall–Kier alpha value is -1.64. The monoisotopic (exact) mass is 270 g/mol. The van der Waals surface area contributed by atoms with Crippen molar-refractivity contribution in [3.63, 3.8) is 0 Å². The van der Waals surface area contributed by atoms with Crippen molar-refractivity contribution in [2.75, 3.05) is 13.2 Å². The van der Waals surface area contributed by atoms with Crippen LogP contribution < -0.4 is 0 Å². The van der Waals surface area contributed by atoms with Gasteiger partial charge in [0.15, 0.2) is 0 Å². The van der Waals surface area contributed by atoms with Crippen molar-refractivity contribution in [3.05, 3.63) is 71.3 Å². The topological polar surface area (TPSA) is 29.5 Å². The molecule has 0 aliphatic carbocycles. The molecule has 0 amide bonds. The van der Waals surface area contributed by atoms with Crippen LogP contribution in [0.25, 0.3) is 0 Å². The van der Waals surface area contributed by atoms with Gasteiger partial charge >= 0.3 is 0 Å². The Balaban J connectivity index is 2.41. The Morgan fingerprint density at radius 2 is 1.50 bits per heavy atom. The summed E-state index contributed by atoms with van der Waals surface area (Å²) in [5, 5.41) is 9.06. The van der Waals surface area contributed by atoms with Crippen molar-refractivity contribution in [1.82, 2.24) is 0 Å². The summed E-state index contributed by atoms with van der Waals surface area (Å²) in [5.41, 5.74) is 3.59. The van der Waals surface area contributed by atoms with Crippen LogP contribution in [0.5, 0.6) is 0 Å². The molecule has 2 aromatic carbocycles. The van der Waals surface area contributed by atoms with Crippen LogP contribution in [-0.4, -0.2) is 18.3 Å². The molecule has 0 heterocycles. The van der Waals surface area contributed by atoms with E-state index in [1.165, 1.54) is 11.1 Å². The third kappa shape index (κ3) is 3.47. The van der Waals surface area contributed by atoms with E-state index in [-0.39, 0.29) is 12.7 Å². The van der Waals surface area contributed by atoms with Gasteiger partial charge in [0.2, 0.25) is 0 Å². The minimum absolute atomic E-state index is 0.0349. The van der Waals surface area contributed by atoms with Gasteiger partial charge in [-0.3, -0.25) is 0 Å². The maximum atomic E-state index is 9.06. The van der Waals surface area contributed by atoms with Crippen LogP contribution in [0.3, 0.4) is 0 Å². The molecule has 0 bridgehead atoms.